The van der Waals surface area contributed by atoms with Crippen LogP contribution in [0.15, 0.2) is 23.1 Å². The summed E-state index contributed by atoms with van der Waals surface area (Å²) in [7, 11) is -3.88. The van der Waals surface area contributed by atoms with Crippen LogP contribution in [0.3, 0.4) is 0 Å². The van der Waals surface area contributed by atoms with E-state index in [1.54, 1.807) is 17.0 Å². The highest BCUT2D eigenvalue weighted by atomic mass is 32.2. The summed E-state index contributed by atoms with van der Waals surface area (Å²) in [5.74, 6) is -0.463. The van der Waals surface area contributed by atoms with E-state index in [0.29, 0.717) is 38.0 Å². The third-order valence-corrected chi connectivity index (χ3v) is 8.27. The quantitative estimate of drug-likeness (QED) is 0.714. The van der Waals surface area contributed by atoms with Crippen LogP contribution in [0.1, 0.15) is 18.4 Å². The van der Waals surface area contributed by atoms with Gasteiger partial charge in [-0.2, -0.15) is 0 Å². The molecule has 1 atom stereocenters. The average molecular weight is 416 g/mol. The van der Waals surface area contributed by atoms with Crippen molar-refractivity contribution in [1.29, 1.82) is 0 Å². The summed E-state index contributed by atoms with van der Waals surface area (Å²) in [5, 5.41) is 0. The maximum Gasteiger partial charge on any atom is 0.242 e. The van der Waals surface area contributed by atoms with Crippen LogP contribution in [-0.4, -0.2) is 71.3 Å². The minimum Gasteiger partial charge on any atom is -0.312 e. The Morgan fingerprint density at radius 2 is 1.85 bits per heavy atom. The Morgan fingerprint density at radius 3 is 2.48 bits per heavy atom. The van der Waals surface area contributed by atoms with Gasteiger partial charge in [-0.3, -0.25) is 4.79 Å². The molecule has 0 radical (unpaired) electrons. The Hall–Kier alpha value is -1.49. The largest absolute Gasteiger partial charge is 0.312 e. The number of hydrogen-bond donors (Lipinski definition) is 0. The average Bonchev–Trinajstić information content (AvgIpc) is 3.03. The van der Waals surface area contributed by atoms with Gasteiger partial charge in [-0.1, -0.05) is 0 Å². The molecule has 0 aromatic heterocycles. The SMILES string of the molecule is CN(C)S(=O)(=O)c1ccc2c(c1)CCN2C(=O)C1CCCN(S(C)(=O)=O)C1. The summed E-state index contributed by atoms with van der Waals surface area (Å²) in [4.78, 5) is 14.9. The van der Waals surface area contributed by atoms with Crippen LogP contribution in [0.4, 0.5) is 5.69 Å². The molecule has 1 aromatic carbocycles. The summed E-state index contributed by atoms with van der Waals surface area (Å²) in [6, 6.07) is 4.82. The van der Waals surface area contributed by atoms with Gasteiger partial charge in [0.25, 0.3) is 0 Å². The van der Waals surface area contributed by atoms with E-state index >= 15 is 0 Å². The minimum atomic E-state index is -3.52. The van der Waals surface area contributed by atoms with Gasteiger partial charge in [0.15, 0.2) is 0 Å². The minimum absolute atomic E-state index is 0.0923. The van der Waals surface area contributed by atoms with E-state index in [0.717, 1.165) is 16.1 Å². The van der Waals surface area contributed by atoms with Crippen LogP contribution in [0, 0.1) is 5.92 Å². The van der Waals surface area contributed by atoms with Crippen molar-refractivity contribution in [3.63, 3.8) is 0 Å². The molecule has 150 valence electrons. The molecule has 2 aliphatic rings. The predicted molar refractivity (Wildman–Crippen MR) is 103 cm³/mol. The fourth-order valence-corrected chi connectivity index (χ4v) is 5.51. The van der Waals surface area contributed by atoms with Gasteiger partial charge in [-0.25, -0.2) is 25.4 Å². The second-order valence-corrected chi connectivity index (χ2v) is 11.4. The maximum atomic E-state index is 13.0. The van der Waals surface area contributed by atoms with Crippen molar-refractivity contribution in [2.45, 2.75) is 24.2 Å². The fourth-order valence-electron chi connectivity index (χ4n) is 3.64. The molecule has 1 fully saturated rings. The van der Waals surface area contributed by atoms with Gasteiger partial charge in [0.2, 0.25) is 26.0 Å². The van der Waals surface area contributed by atoms with Gasteiger partial charge < -0.3 is 4.90 Å². The molecular formula is C17H25N3O5S2. The number of nitrogens with zero attached hydrogens (tertiary/aromatic N) is 3. The van der Waals surface area contributed by atoms with Gasteiger partial charge >= 0.3 is 0 Å². The van der Waals surface area contributed by atoms with E-state index in [1.807, 2.05) is 0 Å². The molecule has 1 amide bonds. The number of carbonyl (C=O) groups excluding carboxylic acids is 1. The molecule has 1 unspecified atom stereocenters. The third kappa shape index (κ3) is 3.89. The first-order chi connectivity index (χ1) is 12.5. The highest BCUT2D eigenvalue weighted by molar-refractivity contribution is 7.89. The zero-order valence-corrected chi connectivity index (χ0v) is 17.4. The van der Waals surface area contributed by atoms with Crippen LogP contribution < -0.4 is 4.90 Å². The highest BCUT2D eigenvalue weighted by Crippen LogP contribution is 2.33. The number of amides is 1. The van der Waals surface area contributed by atoms with Gasteiger partial charge in [0, 0.05) is 39.4 Å². The molecule has 2 heterocycles. The molecule has 0 spiro atoms. The molecule has 0 bridgehead atoms. The van der Waals surface area contributed by atoms with Crippen LogP contribution >= 0.6 is 0 Å². The van der Waals surface area contributed by atoms with E-state index in [4.69, 9.17) is 0 Å². The topological polar surface area (TPSA) is 95.1 Å². The first-order valence-corrected chi connectivity index (χ1v) is 12.1. The second-order valence-electron chi connectivity index (χ2n) is 7.28. The van der Waals surface area contributed by atoms with Crippen molar-refractivity contribution >= 4 is 31.6 Å². The highest BCUT2D eigenvalue weighted by Gasteiger charge is 2.35. The first kappa shape index (κ1) is 20.2. The lowest BCUT2D eigenvalue weighted by molar-refractivity contribution is -0.123. The number of rotatable bonds is 4. The Morgan fingerprint density at radius 1 is 1.15 bits per heavy atom. The Bertz CT molecular complexity index is 957. The Balaban J connectivity index is 1.82. The van der Waals surface area contributed by atoms with E-state index < -0.39 is 20.0 Å². The summed E-state index contributed by atoms with van der Waals surface area (Å²) in [6.45, 7) is 1.14. The third-order valence-electron chi connectivity index (χ3n) is 5.19. The molecule has 0 aliphatic carbocycles. The molecule has 27 heavy (non-hydrogen) atoms. The zero-order chi connectivity index (χ0) is 20.0. The monoisotopic (exact) mass is 415 g/mol. The molecule has 0 N–H and O–H groups in total. The molecule has 8 nitrogen and oxygen atoms in total. The molecular weight excluding hydrogens is 390 g/mol. The van der Waals surface area contributed by atoms with Crippen LogP contribution in [0.2, 0.25) is 0 Å². The van der Waals surface area contributed by atoms with Crippen LogP contribution in [0.5, 0.6) is 0 Å². The Labute approximate surface area is 160 Å². The normalized spacial score (nSPS) is 21.5. The number of sulfonamides is 2. The summed E-state index contributed by atoms with van der Waals surface area (Å²) in [5.41, 5.74) is 1.54. The van der Waals surface area contributed by atoms with Gasteiger partial charge in [-0.05, 0) is 43.0 Å². The maximum absolute atomic E-state index is 13.0. The molecule has 1 aromatic rings. The van der Waals surface area contributed by atoms with Gasteiger partial charge in [-0.15, -0.1) is 0 Å². The van der Waals surface area contributed by atoms with Crippen molar-refractivity contribution in [2.24, 2.45) is 5.92 Å². The number of piperidine rings is 1. The van der Waals surface area contributed by atoms with Gasteiger partial charge in [0.05, 0.1) is 17.1 Å². The smallest absolute Gasteiger partial charge is 0.242 e. The number of carbonyl (C=O) groups is 1. The molecule has 10 heteroatoms. The van der Waals surface area contributed by atoms with Crippen LogP contribution in [0.25, 0.3) is 0 Å². The number of hydrogen-bond acceptors (Lipinski definition) is 5. The van der Waals surface area contributed by atoms with E-state index in [9.17, 15) is 21.6 Å². The van der Waals surface area contributed by atoms with E-state index in [-0.39, 0.29) is 23.3 Å². The second kappa shape index (κ2) is 7.16. The number of benzene rings is 1. The van der Waals surface area contributed by atoms with E-state index in [2.05, 4.69) is 0 Å². The fraction of sp³-hybridized carbons (Fsp3) is 0.588. The van der Waals surface area contributed by atoms with Crippen molar-refractivity contribution in [3.8, 4) is 0 Å². The van der Waals surface area contributed by atoms with Crippen molar-refractivity contribution in [1.82, 2.24) is 8.61 Å². The van der Waals surface area contributed by atoms with Crippen molar-refractivity contribution in [3.05, 3.63) is 23.8 Å². The van der Waals surface area contributed by atoms with Crippen molar-refractivity contribution in [2.75, 3.05) is 44.9 Å². The summed E-state index contributed by atoms with van der Waals surface area (Å²) >= 11 is 0. The number of fused-ring (bicyclic) bond motifs is 1. The Kier molecular flexibility index (Phi) is 5.37. The summed E-state index contributed by atoms with van der Waals surface area (Å²) in [6.07, 6.45) is 3.06. The molecule has 0 saturated carbocycles. The predicted octanol–water partition coefficient (Wildman–Crippen LogP) is 0.498. The first-order valence-electron chi connectivity index (χ1n) is 8.84. The van der Waals surface area contributed by atoms with Crippen molar-refractivity contribution < 1.29 is 21.6 Å². The van der Waals surface area contributed by atoms with E-state index in [1.165, 1.54) is 24.5 Å². The molecule has 2 aliphatic heterocycles. The van der Waals surface area contributed by atoms with Crippen LogP contribution in [-0.2, 0) is 31.3 Å². The lowest BCUT2D eigenvalue weighted by Gasteiger charge is -2.32. The summed E-state index contributed by atoms with van der Waals surface area (Å²) < 4.78 is 50.7. The van der Waals surface area contributed by atoms with Gasteiger partial charge in [0.1, 0.15) is 0 Å². The molecule has 3 rings (SSSR count). The zero-order valence-electron chi connectivity index (χ0n) is 15.8. The molecule has 1 saturated heterocycles. The lowest BCUT2D eigenvalue weighted by Crippen LogP contribution is -2.46. The lowest BCUT2D eigenvalue weighted by atomic mass is 9.98. The standard InChI is InChI=1S/C17H25N3O5S2/c1-18(2)27(24,25)15-6-7-16-13(11-15)8-10-20(16)17(21)14-5-4-9-19(12-14)26(3,22)23/h6-7,11,14H,4-5,8-10,12H2,1-3H3. The number of anilines is 1.